The Morgan fingerprint density at radius 2 is 2.38 bits per heavy atom. The predicted octanol–water partition coefficient (Wildman–Crippen LogP) is 2.23. The van der Waals surface area contributed by atoms with Crippen molar-refractivity contribution in [3.63, 3.8) is 0 Å². The molecule has 0 bridgehead atoms. The summed E-state index contributed by atoms with van der Waals surface area (Å²) in [5.74, 6) is 0.491. The number of hydrogen-bond donors (Lipinski definition) is 1. The number of aromatic nitrogens is 2. The van der Waals surface area contributed by atoms with Crippen LogP contribution in [-0.2, 0) is 6.54 Å². The Bertz CT molecular complexity index is 473. The van der Waals surface area contributed by atoms with Crippen molar-refractivity contribution >= 4 is 11.6 Å². The maximum absolute atomic E-state index is 5.76. The van der Waals surface area contributed by atoms with Gasteiger partial charge < -0.3 is 14.5 Å². The molecule has 0 atom stereocenters. The largest absolute Gasteiger partial charge is 0.417 e. The third kappa shape index (κ3) is 2.71. The van der Waals surface area contributed by atoms with Gasteiger partial charge in [-0.3, -0.25) is 4.98 Å². The lowest BCUT2D eigenvalue weighted by molar-refractivity contribution is 0.330. The van der Waals surface area contributed by atoms with Crippen molar-refractivity contribution in [3.05, 3.63) is 35.4 Å². The van der Waals surface area contributed by atoms with E-state index in [0.717, 1.165) is 5.69 Å². The van der Waals surface area contributed by atoms with Gasteiger partial charge in [0.15, 0.2) is 5.75 Å². The molecule has 2 aromatic rings. The summed E-state index contributed by atoms with van der Waals surface area (Å²) in [6.45, 7) is 0.626. The molecule has 1 N–H and O–H groups in total. The Morgan fingerprint density at radius 3 is 3.12 bits per heavy atom. The van der Waals surface area contributed by atoms with Gasteiger partial charge in [-0.2, -0.15) is 4.98 Å². The fourth-order valence-electron chi connectivity index (χ4n) is 1.15. The number of nitrogens with zero attached hydrogens (tertiary/aromatic N) is 2. The quantitative estimate of drug-likeness (QED) is 0.887. The van der Waals surface area contributed by atoms with Crippen molar-refractivity contribution in [2.75, 3.05) is 7.05 Å². The van der Waals surface area contributed by atoms with Crippen LogP contribution in [0.1, 0.15) is 5.69 Å². The normalized spacial score (nSPS) is 10.4. The summed E-state index contributed by atoms with van der Waals surface area (Å²) in [5.41, 5.74) is 0.771. The number of ether oxygens (including phenoxy) is 1. The minimum Gasteiger partial charge on any atom is -0.417 e. The Labute approximate surface area is 97.4 Å². The van der Waals surface area contributed by atoms with Gasteiger partial charge in [0.1, 0.15) is 6.26 Å². The SMILES string of the molecule is CNCc1coc(Oc2cncc(Cl)c2)n1. The number of nitrogens with one attached hydrogen (secondary N) is 1. The van der Waals surface area contributed by atoms with Crippen LogP contribution in [-0.4, -0.2) is 17.0 Å². The molecule has 84 valence electrons. The molecular weight excluding hydrogens is 230 g/mol. The second-order valence-electron chi connectivity index (χ2n) is 3.08. The smallest absolute Gasteiger partial charge is 0.399 e. The van der Waals surface area contributed by atoms with E-state index in [1.165, 1.54) is 18.7 Å². The molecule has 0 radical (unpaired) electrons. The first-order valence-corrected chi connectivity index (χ1v) is 5.03. The molecule has 2 heterocycles. The maximum atomic E-state index is 5.76. The third-order valence-electron chi connectivity index (χ3n) is 1.77. The van der Waals surface area contributed by atoms with Gasteiger partial charge in [-0.1, -0.05) is 11.6 Å². The molecule has 0 aromatic carbocycles. The lowest BCUT2D eigenvalue weighted by Crippen LogP contribution is -2.04. The van der Waals surface area contributed by atoms with Crippen molar-refractivity contribution in [1.82, 2.24) is 15.3 Å². The summed E-state index contributed by atoms with van der Waals surface area (Å²) in [4.78, 5) is 7.99. The third-order valence-corrected chi connectivity index (χ3v) is 1.98. The van der Waals surface area contributed by atoms with Gasteiger partial charge in [0, 0.05) is 18.8 Å². The first-order chi connectivity index (χ1) is 7.78. The van der Waals surface area contributed by atoms with Crippen molar-refractivity contribution in [2.45, 2.75) is 6.54 Å². The van der Waals surface area contributed by atoms with Gasteiger partial charge in [0.2, 0.25) is 0 Å². The minimum absolute atomic E-state index is 0.175. The van der Waals surface area contributed by atoms with Crippen LogP contribution in [0.5, 0.6) is 11.8 Å². The fourth-order valence-corrected chi connectivity index (χ4v) is 1.31. The van der Waals surface area contributed by atoms with Crippen LogP contribution in [0.15, 0.2) is 29.1 Å². The topological polar surface area (TPSA) is 60.2 Å². The number of rotatable bonds is 4. The molecule has 0 aliphatic rings. The van der Waals surface area contributed by atoms with Crippen molar-refractivity contribution in [3.8, 4) is 11.8 Å². The van der Waals surface area contributed by atoms with Gasteiger partial charge in [-0.05, 0) is 7.05 Å². The standard InChI is InChI=1S/C10H10ClN3O2/c1-12-4-8-6-15-10(14-8)16-9-2-7(11)3-13-5-9/h2-3,5-6,12H,4H2,1H3. The van der Waals surface area contributed by atoms with Crippen LogP contribution in [0.25, 0.3) is 0 Å². The summed E-state index contributed by atoms with van der Waals surface area (Å²) in [5, 5.41) is 3.46. The zero-order chi connectivity index (χ0) is 11.4. The van der Waals surface area contributed by atoms with Crippen molar-refractivity contribution < 1.29 is 9.15 Å². The van der Waals surface area contributed by atoms with E-state index in [1.807, 2.05) is 7.05 Å². The predicted molar refractivity (Wildman–Crippen MR) is 58.6 cm³/mol. The summed E-state index contributed by atoms with van der Waals surface area (Å²) < 4.78 is 10.5. The maximum Gasteiger partial charge on any atom is 0.399 e. The van der Waals surface area contributed by atoms with Crippen molar-refractivity contribution in [1.29, 1.82) is 0 Å². The molecule has 6 heteroatoms. The first kappa shape index (κ1) is 10.9. The Hall–Kier alpha value is -1.59. The van der Waals surface area contributed by atoms with Gasteiger partial charge >= 0.3 is 6.08 Å². The van der Waals surface area contributed by atoms with Crippen LogP contribution in [0, 0.1) is 0 Å². The number of oxazole rings is 1. The highest BCUT2D eigenvalue weighted by atomic mass is 35.5. The van der Waals surface area contributed by atoms with E-state index in [4.69, 9.17) is 20.8 Å². The highest BCUT2D eigenvalue weighted by Crippen LogP contribution is 2.22. The Kier molecular flexibility index (Phi) is 3.38. The lowest BCUT2D eigenvalue weighted by atomic mass is 10.5. The molecule has 0 fully saturated rings. The lowest BCUT2D eigenvalue weighted by Gasteiger charge is -1.99. The molecular formula is C10H10ClN3O2. The molecule has 5 nitrogen and oxygen atoms in total. The molecule has 0 aliphatic carbocycles. The molecule has 2 aromatic heterocycles. The van der Waals surface area contributed by atoms with E-state index < -0.39 is 0 Å². The average Bonchev–Trinajstić information content (AvgIpc) is 2.66. The number of pyridine rings is 1. The van der Waals surface area contributed by atoms with E-state index in [9.17, 15) is 0 Å². The molecule has 0 unspecified atom stereocenters. The Morgan fingerprint density at radius 1 is 1.50 bits per heavy atom. The zero-order valence-electron chi connectivity index (χ0n) is 8.61. The highest BCUT2D eigenvalue weighted by molar-refractivity contribution is 6.30. The summed E-state index contributed by atoms with van der Waals surface area (Å²) >= 11 is 5.76. The molecule has 2 rings (SSSR count). The van der Waals surface area contributed by atoms with Crippen LogP contribution in [0.3, 0.4) is 0 Å². The van der Waals surface area contributed by atoms with Gasteiger partial charge in [-0.15, -0.1) is 0 Å². The fraction of sp³-hybridized carbons (Fsp3) is 0.200. The molecule has 0 amide bonds. The van der Waals surface area contributed by atoms with Gasteiger partial charge in [0.25, 0.3) is 0 Å². The van der Waals surface area contributed by atoms with E-state index in [0.29, 0.717) is 17.3 Å². The Balaban J connectivity index is 2.08. The van der Waals surface area contributed by atoms with Gasteiger partial charge in [0.05, 0.1) is 16.9 Å². The van der Waals surface area contributed by atoms with Crippen molar-refractivity contribution in [2.24, 2.45) is 0 Å². The number of halogens is 1. The second-order valence-corrected chi connectivity index (χ2v) is 3.51. The van der Waals surface area contributed by atoms with Crippen LogP contribution < -0.4 is 10.1 Å². The molecule has 16 heavy (non-hydrogen) atoms. The second kappa shape index (κ2) is 4.96. The molecule has 0 saturated heterocycles. The highest BCUT2D eigenvalue weighted by Gasteiger charge is 2.06. The zero-order valence-corrected chi connectivity index (χ0v) is 9.36. The van der Waals surface area contributed by atoms with E-state index >= 15 is 0 Å². The summed E-state index contributed by atoms with van der Waals surface area (Å²) in [7, 11) is 1.83. The van der Waals surface area contributed by atoms with Crippen LogP contribution >= 0.6 is 11.6 Å². The van der Waals surface area contributed by atoms with Gasteiger partial charge in [-0.25, -0.2) is 0 Å². The van der Waals surface area contributed by atoms with Crippen LogP contribution in [0.2, 0.25) is 5.02 Å². The molecule has 0 aliphatic heterocycles. The number of hydrogen-bond acceptors (Lipinski definition) is 5. The van der Waals surface area contributed by atoms with E-state index in [1.54, 1.807) is 6.07 Å². The summed E-state index contributed by atoms with van der Waals surface area (Å²) in [6, 6.07) is 1.64. The van der Waals surface area contributed by atoms with E-state index in [2.05, 4.69) is 15.3 Å². The first-order valence-electron chi connectivity index (χ1n) is 4.65. The molecule has 0 saturated carbocycles. The average molecular weight is 240 g/mol. The minimum atomic E-state index is 0.175. The monoisotopic (exact) mass is 239 g/mol. The van der Waals surface area contributed by atoms with Crippen LogP contribution in [0.4, 0.5) is 0 Å². The summed E-state index contributed by atoms with van der Waals surface area (Å²) in [6.07, 6.45) is 4.77. The van der Waals surface area contributed by atoms with E-state index in [-0.39, 0.29) is 6.08 Å². The molecule has 0 spiro atoms.